The van der Waals surface area contributed by atoms with E-state index in [0.717, 1.165) is 12.6 Å². The van der Waals surface area contributed by atoms with E-state index in [9.17, 15) is 0 Å². The van der Waals surface area contributed by atoms with Crippen LogP contribution in [0.4, 0.5) is 5.13 Å². The van der Waals surface area contributed by atoms with Gasteiger partial charge in [0.1, 0.15) is 0 Å². The molecule has 14 heavy (non-hydrogen) atoms. The Morgan fingerprint density at radius 1 is 1.64 bits per heavy atom. The van der Waals surface area contributed by atoms with Crippen LogP contribution in [0.3, 0.4) is 0 Å². The van der Waals surface area contributed by atoms with Gasteiger partial charge in [0.05, 0.1) is 0 Å². The van der Waals surface area contributed by atoms with Gasteiger partial charge in [-0.15, -0.1) is 11.3 Å². The molecule has 0 radical (unpaired) electrons. The average molecular weight is 211 g/mol. The molecule has 2 N–H and O–H groups in total. The minimum Gasteiger partial charge on any atom is -0.375 e. The molecule has 1 saturated carbocycles. The molecule has 1 aromatic heterocycles. The summed E-state index contributed by atoms with van der Waals surface area (Å²) in [6.45, 7) is 4.46. The quantitative estimate of drug-likeness (QED) is 0.811. The Labute approximate surface area is 88.9 Å². The molecule has 0 aromatic carbocycles. The number of thiazole rings is 1. The number of nitrogens with two attached hydrogens (primary N) is 1. The second-order valence-corrected chi connectivity index (χ2v) is 5.01. The Morgan fingerprint density at radius 2 is 2.43 bits per heavy atom. The van der Waals surface area contributed by atoms with E-state index in [0.29, 0.717) is 5.13 Å². The van der Waals surface area contributed by atoms with Crippen LogP contribution in [0.25, 0.3) is 0 Å². The molecule has 1 aliphatic carbocycles. The van der Waals surface area contributed by atoms with Crippen molar-refractivity contribution >= 4 is 16.5 Å². The van der Waals surface area contributed by atoms with Gasteiger partial charge in [-0.25, -0.2) is 4.98 Å². The number of hydrogen-bond donors (Lipinski definition) is 1. The van der Waals surface area contributed by atoms with E-state index in [1.54, 1.807) is 11.3 Å². The maximum absolute atomic E-state index is 5.61. The van der Waals surface area contributed by atoms with Crippen LogP contribution in [0.5, 0.6) is 0 Å². The Morgan fingerprint density at radius 3 is 2.93 bits per heavy atom. The van der Waals surface area contributed by atoms with E-state index in [1.165, 1.54) is 30.7 Å². The summed E-state index contributed by atoms with van der Waals surface area (Å²) in [7, 11) is 0. The van der Waals surface area contributed by atoms with Gasteiger partial charge < -0.3 is 5.73 Å². The monoisotopic (exact) mass is 211 g/mol. The first-order chi connectivity index (χ1) is 6.79. The van der Waals surface area contributed by atoms with Crippen molar-refractivity contribution in [1.82, 2.24) is 9.88 Å². The van der Waals surface area contributed by atoms with Gasteiger partial charge in [-0.05, 0) is 25.8 Å². The standard InChI is InChI=1S/C10H17N3S/c1-2-5-13(8-3-4-8)7-9-6-12-10(11)14-9/h6,8H,2-5,7H2,1H3,(H2,11,12). The molecule has 0 aliphatic heterocycles. The molecule has 0 saturated heterocycles. The first-order valence-electron chi connectivity index (χ1n) is 5.24. The second-order valence-electron chi connectivity index (χ2n) is 3.87. The average Bonchev–Trinajstić information content (AvgIpc) is 2.91. The van der Waals surface area contributed by atoms with Crippen molar-refractivity contribution in [2.75, 3.05) is 12.3 Å². The number of hydrogen-bond acceptors (Lipinski definition) is 4. The lowest BCUT2D eigenvalue weighted by atomic mass is 10.3. The molecular formula is C10H17N3S. The summed E-state index contributed by atoms with van der Waals surface area (Å²) in [6.07, 6.45) is 5.87. The molecule has 3 nitrogen and oxygen atoms in total. The SMILES string of the molecule is CCCN(Cc1cnc(N)s1)C1CC1. The minimum atomic E-state index is 0.687. The first kappa shape index (κ1) is 9.93. The van der Waals surface area contributed by atoms with E-state index < -0.39 is 0 Å². The normalized spacial score (nSPS) is 16.4. The second kappa shape index (κ2) is 4.28. The third-order valence-corrected chi connectivity index (χ3v) is 3.32. The predicted molar refractivity (Wildman–Crippen MR) is 60.2 cm³/mol. The zero-order chi connectivity index (χ0) is 9.97. The Kier molecular flexibility index (Phi) is 3.03. The molecule has 4 heteroatoms. The summed E-state index contributed by atoms with van der Waals surface area (Å²) in [4.78, 5) is 7.92. The fourth-order valence-electron chi connectivity index (χ4n) is 1.71. The highest BCUT2D eigenvalue weighted by Gasteiger charge is 2.28. The number of anilines is 1. The molecule has 78 valence electrons. The van der Waals surface area contributed by atoms with Crippen molar-refractivity contribution in [3.8, 4) is 0 Å². The van der Waals surface area contributed by atoms with Crippen molar-refractivity contribution < 1.29 is 0 Å². The van der Waals surface area contributed by atoms with Crippen LogP contribution in [0.1, 0.15) is 31.1 Å². The number of nitrogen functional groups attached to an aromatic ring is 1. The van der Waals surface area contributed by atoms with Gasteiger partial charge in [0, 0.05) is 23.7 Å². The third kappa shape index (κ3) is 2.45. The van der Waals surface area contributed by atoms with Crippen LogP contribution in [0.2, 0.25) is 0 Å². The number of nitrogens with zero attached hydrogens (tertiary/aromatic N) is 2. The Bertz CT molecular complexity index is 293. The van der Waals surface area contributed by atoms with E-state index in [1.807, 2.05) is 6.20 Å². The lowest BCUT2D eigenvalue weighted by molar-refractivity contribution is 0.257. The van der Waals surface area contributed by atoms with Crippen LogP contribution in [-0.4, -0.2) is 22.5 Å². The molecular weight excluding hydrogens is 194 g/mol. The number of aromatic nitrogens is 1. The topological polar surface area (TPSA) is 42.2 Å². The van der Waals surface area contributed by atoms with Gasteiger partial charge in [0.2, 0.25) is 0 Å². The molecule has 0 bridgehead atoms. The van der Waals surface area contributed by atoms with E-state index in [-0.39, 0.29) is 0 Å². The van der Waals surface area contributed by atoms with Crippen molar-refractivity contribution in [1.29, 1.82) is 0 Å². The van der Waals surface area contributed by atoms with Crippen molar-refractivity contribution in [2.45, 2.75) is 38.8 Å². The van der Waals surface area contributed by atoms with Crippen LogP contribution >= 0.6 is 11.3 Å². The highest BCUT2D eigenvalue weighted by molar-refractivity contribution is 7.15. The predicted octanol–water partition coefficient (Wildman–Crippen LogP) is 2.10. The molecule has 1 aromatic rings. The Hall–Kier alpha value is -0.610. The first-order valence-corrected chi connectivity index (χ1v) is 6.05. The van der Waals surface area contributed by atoms with Gasteiger partial charge in [0.25, 0.3) is 0 Å². The lowest BCUT2D eigenvalue weighted by Crippen LogP contribution is -2.25. The highest BCUT2D eigenvalue weighted by atomic mass is 32.1. The summed E-state index contributed by atoms with van der Waals surface area (Å²) < 4.78 is 0. The van der Waals surface area contributed by atoms with Crippen molar-refractivity contribution in [2.24, 2.45) is 0 Å². The maximum atomic E-state index is 5.61. The number of rotatable bonds is 5. The molecule has 0 unspecified atom stereocenters. The van der Waals surface area contributed by atoms with E-state index in [2.05, 4.69) is 16.8 Å². The molecule has 0 atom stereocenters. The molecule has 1 heterocycles. The summed E-state index contributed by atoms with van der Waals surface area (Å²) in [5.41, 5.74) is 5.61. The maximum Gasteiger partial charge on any atom is 0.180 e. The molecule has 2 rings (SSSR count). The summed E-state index contributed by atoms with van der Waals surface area (Å²) >= 11 is 1.61. The van der Waals surface area contributed by atoms with Gasteiger partial charge >= 0.3 is 0 Å². The van der Waals surface area contributed by atoms with E-state index >= 15 is 0 Å². The van der Waals surface area contributed by atoms with Crippen molar-refractivity contribution in [3.63, 3.8) is 0 Å². The van der Waals surface area contributed by atoms with Gasteiger partial charge in [-0.1, -0.05) is 6.92 Å². The van der Waals surface area contributed by atoms with Gasteiger partial charge in [-0.2, -0.15) is 0 Å². The summed E-state index contributed by atoms with van der Waals surface area (Å²) in [5.74, 6) is 0. The van der Waals surface area contributed by atoms with Crippen molar-refractivity contribution in [3.05, 3.63) is 11.1 Å². The smallest absolute Gasteiger partial charge is 0.180 e. The van der Waals surface area contributed by atoms with Crippen LogP contribution in [0.15, 0.2) is 6.20 Å². The minimum absolute atomic E-state index is 0.687. The van der Waals surface area contributed by atoms with E-state index in [4.69, 9.17) is 5.73 Å². The van der Waals surface area contributed by atoms with Crippen LogP contribution in [-0.2, 0) is 6.54 Å². The zero-order valence-electron chi connectivity index (χ0n) is 8.57. The molecule has 1 aliphatic rings. The lowest BCUT2D eigenvalue weighted by Gasteiger charge is -2.19. The molecule has 0 amide bonds. The Balaban J connectivity index is 1.92. The highest BCUT2D eigenvalue weighted by Crippen LogP contribution is 2.29. The van der Waals surface area contributed by atoms with Crippen LogP contribution < -0.4 is 5.73 Å². The fraction of sp³-hybridized carbons (Fsp3) is 0.700. The molecule has 0 spiro atoms. The summed E-state index contributed by atoms with van der Waals surface area (Å²) in [6, 6.07) is 0.832. The largest absolute Gasteiger partial charge is 0.375 e. The fourth-order valence-corrected chi connectivity index (χ4v) is 2.42. The zero-order valence-corrected chi connectivity index (χ0v) is 9.39. The summed E-state index contributed by atoms with van der Waals surface area (Å²) in [5, 5.41) is 0.687. The third-order valence-electron chi connectivity index (χ3n) is 2.50. The van der Waals surface area contributed by atoms with Gasteiger partial charge in [-0.3, -0.25) is 4.90 Å². The molecule has 1 fully saturated rings. The van der Waals surface area contributed by atoms with Crippen LogP contribution in [0, 0.1) is 0 Å². The van der Waals surface area contributed by atoms with Gasteiger partial charge in [0.15, 0.2) is 5.13 Å².